The van der Waals surface area contributed by atoms with E-state index in [2.05, 4.69) is 0 Å². The molecule has 3 rings (SSSR count). The van der Waals surface area contributed by atoms with E-state index in [0.29, 0.717) is 12.4 Å². The lowest BCUT2D eigenvalue weighted by Gasteiger charge is -2.22. The van der Waals surface area contributed by atoms with E-state index < -0.39 is 5.82 Å². The molecular formula is C16H12ClFO2. The minimum Gasteiger partial charge on any atom is -0.508 e. The van der Waals surface area contributed by atoms with Gasteiger partial charge in [-0.05, 0) is 42.3 Å². The Morgan fingerprint density at radius 3 is 2.75 bits per heavy atom. The highest BCUT2D eigenvalue weighted by Crippen LogP contribution is 2.38. The first-order chi connectivity index (χ1) is 9.56. The van der Waals surface area contributed by atoms with Crippen LogP contribution >= 0.6 is 11.6 Å². The fourth-order valence-electron chi connectivity index (χ4n) is 2.34. The molecule has 20 heavy (non-hydrogen) atoms. The summed E-state index contributed by atoms with van der Waals surface area (Å²) in [6.45, 7) is 2.30. The Morgan fingerprint density at radius 2 is 2.00 bits per heavy atom. The van der Waals surface area contributed by atoms with Gasteiger partial charge in [-0.2, -0.15) is 0 Å². The average Bonchev–Trinajstić information content (AvgIpc) is 2.42. The molecule has 1 N–H and O–H groups in total. The zero-order chi connectivity index (χ0) is 14.3. The summed E-state index contributed by atoms with van der Waals surface area (Å²) in [4.78, 5) is 0. The van der Waals surface area contributed by atoms with Gasteiger partial charge in [0.15, 0.2) is 0 Å². The van der Waals surface area contributed by atoms with Crippen molar-refractivity contribution in [2.24, 2.45) is 0 Å². The van der Waals surface area contributed by atoms with Crippen LogP contribution in [0, 0.1) is 5.82 Å². The first-order valence-electron chi connectivity index (χ1n) is 6.17. The summed E-state index contributed by atoms with van der Waals surface area (Å²) >= 11 is 5.70. The second kappa shape index (κ2) is 4.84. The molecule has 1 aliphatic heterocycles. The van der Waals surface area contributed by atoms with Crippen LogP contribution in [0.3, 0.4) is 0 Å². The summed E-state index contributed by atoms with van der Waals surface area (Å²) in [6.07, 6.45) is 0. The van der Waals surface area contributed by atoms with E-state index in [1.165, 1.54) is 6.07 Å². The van der Waals surface area contributed by atoms with Crippen LogP contribution in [0.1, 0.15) is 18.1 Å². The Labute approximate surface area is 121 Å². The molecule has 0 bridgehead atoms. The molecule has 0 spiro atoms. The fraction of sp³-hybridized carbons (Fsp3) is 0.125. The second-order valence-electron chi connectivity index (χ2n) is 4.70. The quantitative estimate of drug-likeness (QED) is 0.837. The van der Waals surface area contributed by atoms with Crippen molar-refractivity contribution in [2.45, 2.75) is 6.92 Å². The molecule has 0 saturated heterocycles. The Morgan fingerprint density at radius 1 is 1.20 bits per heavy atom. The van der Waals surface area contributed by atoms with Crippen LogP contribution in [0.2, 0.25) is 5.02 Å². The third-order valence-corrected chi connectivity index (χ3v) is 3.77. The molecule has 0 saturated carbocycles. The lowest BCUT2D eigenvalue weighted by atomic mass is 9.93. The number of hydrogen-bond acceptors (Lipinski definition) is 2. The first kappa shape index (κ1) is 13.0. The summed E-state index contributed by atoms with van der Waals surface area (Å²) in [5.41, 5.74) is 3.58. The van der Waals surface area contributed by atoms with Crippen LogP contribution in [-0.2, 0) is 0 Å². The van der Waals surface area contributed by atoms with Crippen molar-refractivity contribution in [2.75, 3.05) is 6.61 Å². The van der Waals surface area contributed by atoms with Crippen LogP contribution in [0.15, 0.2) is 36.4 Å². The van der Waals surface area contributed by atoms with Gasteiger partial charge in [0.05, 0.1) is 5.02 Å². The first-order valence-corrected chi connectivity index (χ1v) is 6.55. The maximum absolute atomic E-state index is 13.6. The van der Waals surface area contributed by atoms with Gasteiger partial charge in [0.2, 0.25) is 0 Å². The molecule has 1 aliphatic rings. The van der Waals surface area contributed by atoms with Crippen molar-refractivity contribution in [1.29, 1.82) is 0 Å². The number of fused-ring (bicyclic) bond motifs is 1. The van der Waals surface area contributed by atoms with Gasteiger partial charge in [0.1, 0.15) is 23.9 Å². The normalized spacial score (nSPS) is 13.9. The van der Waals surface area contributed by atoms with Gasteiger partial charge in [-0.25, -0.2) is 4.39 Å². The topological polar surface area (TPSA) is 29.5 Å². The zero-order valence-electron chi connectivity index (χ0n) is 10.8. The minimum atomic E-state index is -0.444. The molecule has 1 heterocycles. The molecule has 0 amide bonds. The number of benzene rings is 2. The van der Waals surface area contributed by atoms with Crippen molar-refractivity contribution in [1.82, 2.24) is 0 Å². The minimum absolute atomic E-state index is 0.106. The van der Waals surface area contributed by atoms with Gasteiger partial charge >= 0.3 is 0 Å². The lowest BCUT2D eigenvalue weighted by molar-refractivity contribution is 0.361. The number of phenols is 1. The van der Waals surface area contributed by atoms with Crippen LogP contribution in [0.5, 0.6) is 11.5 Å². The summed E-state index contributed by atoms with van der Waals surface area (Å²) in [6, 6.07) is 9.72. The smallest absolute Gasteiger partial charge is 0.142 e. The summed E-state index contributed by atoms with van der Waals surface area (Å²) < 4.78 is 19.2. The van der Waals surface area contributed by atoms with Gasteiger partial charge < -0.3 is 9.84 Å². The Bertz CT molecular complexity index is 722. The molecule has 0 unspecified atom stereocenters. The van der Waals surface area contributed by atoms with Gasteiger partial charge in [-0.15, -0.1) is 0 Å². The van der Waals surface area contributed by atoms with Crippen LogP contribution in [0.4, 0.5) is 4.39 Å². The Hall–Kier alpha value is -2.00. The van der Waals surface area contributed by atoms with E-state index in [-0.39, 0.29) is 10.8 Å². The number of allylic oxidation sites excluding steroid dienone is 1. The number of phenolic OH excluding ortho intramolecular Hbond substituents is 1. The maximum atomic E-state index is 13.6. The van der Waals surface area contributed by atoms with Crippen molar-refractivity contribution >= 4 is 22.7 Å². The third kappa shape index (κ3) is 2.14. The lowest BCUT2D eigenvalue weighted by Crippen LogP contribution is -2.09. The Kier molecular flexibility index (Phi) is 3.14. The Balaban J connectivity index is 2.12. The number of aromatic hydroxyl groups is 1. The predicted octanol–water partition coefficient (Wildman–Crippen LogP) is 4.51. The molecule has 2 aromatic carbocycles. The van der Waals surface area contributed by atoms with Crippen molar-refractivity contribution < 1.29 is 14.2 Å². The average molecular weight is 291 g/mol. The van der Waals surface area contributed by atoms with Crippen molar-refractivity contribution in [3.05, 3.63) is 58.4 Å². The maximum Gasteiger partial charge on any atom is 0.142 e. The van der Waals surface area contributed by atoms with Gasteiger partial charge in [0, 0.05) is 17.2 Å². The second-order valence-corrected chi connectivity index (χ2v) is 5.11. The third-order valence-electron chi connectivity index (χ3n) is 3.46. The van der Waals surface area contributed by atoms with Crippen molar-refractivity contribution in [3.63, 3.8) is 0 Å². The highest BCUT2D eigenvalue weighted by atomic mass is 35.5. The molecule has 102 valence electrons. The van der Waals surface area contributed by atoms with E-state index in [9.17, 15) is 9.50 Å². The predicted molar refractivity (Wildman–Crippen MR) is 77.5 cm³/mol. The SMILES string of the molecule is CC1=C(c2ccc(Cl)c(F)c2)COc2cc(O)ccc21. The summed E-state index contributed by atoms with van der Waals surface area (Å²) in [5, 5.41) is 9.57. The van der Waals surface area contributed by atoms with E-state index >= 15 is 0 Å². The molecule has 4 heteroatoms. The van der Waals surface area contributed by atoms with Crippen molar-refractivity contribution in [3.8, 4) is 11.5 Å². The monoisotopic (exact) mass is 290 g/mol. The van der Waals surface area contributed by atoms with E-state index in [1.54, 1.807) is 30.3 Å². The van der Waals surface area contributed by atoms with Gasteiger partial charge in [0.25, 0.3) is 0 Å². The van der Waals surface area contributed by atoms with Gasteiger partial charge in [-0.1, -0.05) is 17.7 Å². The summed E-state index contributed by atoms with van der Waals surface area (Å²) in [7, 11) is 0. The number of hydrogen-bond donors (Lipinski definition) is 1. The molecule has 0 aliphatic carbocycles. The molecule has 2 aromatic rings. The number of halogens is 2. The van der Waals surface area contributed by atoms with Crippen LogP contribution in [0.25, 0.3) is 11.1 Å². The van der Waals surface area contributed by atoms with E-state index in [0.717, 1.165) is 22.3 Å². The van der Waals surface area contributed by atoms with Crippen LogP contribution < -0.4 is 4.74 Å². The number of rotatable bonds is 1. The largest absolute Gasteiger partial charge is 0.508 e. The standard InChI is InChI=1S/C16H12ClFO2/c1-9-12-4-3-11(19)7-16(12)20-8-13(9)10-2-5-14(17)15(18)6-10/h2-7,19H,8H2,1H3. The number of ether oxygens (including phenoxy) is 1. The fourth-order valence-corrected chi connectivity index (χ4v) is 2.46. The van der Waals surface area contributed by atoms with E-state index in [4.69, 9.17) is 16.3 Å². The summed E-state index contributed by atoms with van der Waals surface area (Å²) in [5.74, 6) is 0.360. The molecule has 2 nitrogen and oxygen atoms in total. The zero-order valence-corrected chi connectivity index (χ0v) is 11.5. The molecular weight excluding hydrogens is 279 g/mol. The highest BCUT2D eigenvalue weighted by molar-refractivity contribution is 6.30. The molecule has 0 atom stereocenters. The molecule has 0 radical (unpaired) electrons. The van der Waals surface area contributed by atoms with Crippen LogP contribution in [-0.4, -0.2) is 11.7 Å². The highest BCUT2D eigenvalue weighted by Gasteiger charge is 2.19. The van der Waals surface area contributed by atoms with E-state index in [1.807, 2.05) is 6.92 Å². The molecule has 0 aromatic heterocycles. The van der Waals surface area contributed by atoms with Gasteiger partial charge in [-0.3, -0.25) is 0 Å². The molecule has 0 fully saturated rings.